The number of nitrogens with one attached hydrogen (secondary N) is 3. The van der Waals surface area contributed by atoms with Crippen LogP contribution in [0.15, 0.2) is 35.4 Å². The van der Waals surface area contributed by atoms with Crippen molar-refractivity contribution in [3.8, 4) is 0 Å². The van der Waals surface area contributed by atoms with E-state index in [0.29, 0.717) is 29.0 Å². The van der Waals surface area contributed by atoms with E-state index in [1.165, 1.54) is 12.1 Å². The Kier molecular flexibility index (Phi) is 4.51. The average Bonchev–Trinajstić information content (AvgIpc) is 2.86. The zero-order valence-corrected chi connectivity index (χ0v) is 15.3. The van der Waals surface area contributed by atoms with E-state index in [1.54, 1.807) is 18.3 Å². The van der Waals surface area contributed by atoms with E-state index in [1.807, 2.05) is 13.8 Å². The van der Waals surface area contributed by atoms with Crippen molar-refractivity contribution in [3.63, 3.8) is 0 Å². The third-order valence-electron chi connectivity index (χ3n) is 3.77. The highest BCUT2D eigenvalue weighted by Crippen LogP contribution is 2.24. The molecule has 0 fully saturated rings. The van der Waals surface area contributed by atoms with Crippen molar-refractivity contribution in [1.82, 2.24) is 20.2 Å². The van der Waals surface area contributed by atoms with Crippen molar-refractivity contribution in [3.05, 3.63) is 41.7 Å². The van der Waals surface area contributed by atoms with Crippen LogP contribution in [0.1, 0.15) is 11.3 Å². The van der Waals surface area contributed by atoms with Crippen LogP contribution in [0.5, 0.6) is 0 Å². The van der Waals surface area contributed by atoms with Gasteiger partial charge >= 0.3 is 0 Å². The lowest BCUT2D eigenvalue weighted by molar-refractivity contribution is 0.602. The predicted molar refractivity (Wildman–Crippen MR) is 101 cm³/mol. The lowest BCUT2D eigenvalue weighted by Gasteiger charge is -2.09. The Balaban J connectivity index is 1.85. The van der Waals surface area contributed by atoms with Crippen molar-refractivity contribution < 1.29 is 8.42 Å². The summed E-state index contributed by atoms with van der Waals surface area (Å²) in [5, 5.41) is 13.2. The standard InChI is InChI=1S/C16H19N7O2S/c1-9-10(2)22-23-15(9)20-14-4-5-18-16(21-14)19-12-6-11(17)7-13(8-12)26(3,24)25/h4-8H,17H2,1-3H3,(H3,18,19,20,21,22,23). The summed E-state index contributed by atoms with van der Waals surface area (Å²) < 4.78 is 23.5. The molecule has 10 heteroatoms. The minimum absolute atomic E-state index is 0.122. The van der Waals surface area contributed by atoms with Gasteiger partial charge in [-0.3, -0.25) is 5.10 Å². The number of sulfone groups is 1. The first-order valence-corrected chi connectivity index (χ1v) is 9.61. The van der Waals surface area contributed by atoms with Crippen molar-refractivity contribution in [2.45, 2.75) is 18.7 Å². The number of anilines is 5. The fourth-order valence-corrected chi connectivity index (χ4v) is 2.95. The molecule has 0 aliphatic carbocycles. The quantitative estimate of drug-likeness (QED) is 0.500. The van der Waals surface area contributed by atoms with E-state index in [-0.39, 0.29) is 4.90 Å². The molecule has 1 aromatic carbocycles. The molecule has 0 bridgehead atoms. The SMILES string of the molecule is Cc1[nH]nc(Nc2ccnc(Nc3cc(N)cc(S(C)(=O)=O)c3)n2)c1C. The summed E-state index contributed by atoms with van der Waals surface area (Å²) in [5.74, 6) is 1.52. The molecule has 0 spiro atoms. The normalized spacial score (nSPS) is 11.3. The molecule has 0 atom stereocenters. The van der Waals surface area contributed by atoms with Gasteiger partial charge in [0.1, 0.15) is 5.82 Å². The van der Waals surface area contributed by atoms with Crippen molar-refractivity contribution in [2.24, 2.45) is 0 Å². The molecule has 0 aliphatic heterocycles. The molecule has 0 unspecified atom stereocenters. The Hall–Kier alpha value is -3.14. The maximum Gasteiger partial charge on any atom is 0.229 e. The molecular weight excluding hydrogens is 354 g/mol. The Morgan fingerprint density at radius 1 is 1.15 bits per heavy atom. The van der Waals surface area contributed by atoms with Crippen LogP contribution >= 0.6 is 0 Å². The fraction of sp³-hybridized carbons (Fsp3) is 0.188. The Morgan fingerprint density at radius 2 is 1.92 bits per heavy atom. The number of nitrogen functional groups attached to an aromatic ring is 1. The van der Waals surface area contributed by atoms with Gasteiger partial charge < -0.3 is 16.4 Å². The Labute approximate surface area is 151 Å². The molecule has 2 aromatic heterocycles. The maximum absolute atomic E-state index is 11.7. The van der Waals surface area contributed by atoms with E-state index < -0.39 is 9.84 Å². The van der Waals surface area contributed by atoms with Gasteiger partial charge in [-0.1, -0.05) is 0 Å². The lowest BCUT2D eigenvalue weighted by atomic mass is 10.3. The number of aromatic nitrogens is 4. The van der Waals surface area contributed by atoms with Crippen LogP contribution in [0.25, 0.3) is 0 Å². The molecule has 3 aromatic rings. The zero-order chi connectivity index (χ0) is 18.9. The molecule has 5 N–H and O–H groups in total. The molecular formula is C16H19N7O2S. The van der Waals surface area contributed by atoms with Gasteiger partial charge in [0.25, 0.3) is 0 Å². The maximum atomic E-state index is 11.7. The molecule has 3 rings (SSSR count). The molecule has 0 saturated heterocycles. The second kappa shape index (κ2) is 6.64. The summed E-state index contributed by atoms with van der Waals surface area (Å²) in [6.45, 7) is 3.88. The van der Waals surface area contributed by atoms with Gasteiger partial charge in [-0.25, -0.2) is 13.4 Å². The molecule has 0 saturated carbocycles. The summed E-state index contributed by atoms with van der Waals surface area (Å²) in [7, 11) is -3.38. The second-order valence-corrected chi connectivity index (χ2v) is 7.92. The number of H-pyrrole nitrogens is 1. The molecule has 9 nitrogen and oxygen atoms in total. The van der Waals surface area contributed by atoms with Gasteiger partial charge in [0.15, 0.2) is 15.7 Å². The number of aromatic amines is 1. The average molecular weight is 373 g/mol. The molecule has 0 amide bonds. The van der Waals surface area contributed by atoms with Crippen LogP contribution < -0.4 is 16.4 Å². The highest BCUT2D eigenvalue weighted by Gasteiger charge is 2.11. The summed E-state index contributed by atoms with van der Waals surface area (Å²) in [6.07, 6.45) is 2.71. The number of hydrogen-bond acceptors (Lipinski definition) is 8. The van der Waals surface area contributed by atoms with Gasteiger partial charge in [0.2, 0.25) is 5.95 Å². The van der Waals surface area contributed by atoms with E-state index in [0.717, 1.165) is 17.5 Å². The van der Waals surface area contributed by atoms with Crippen LogP contribution in [0.3, 0.4) is 0 Å². The first-order chi connectivity index (χ1) is 12.2. The number of rotatable bonds is 5. The molecule has 0 radical (unpaired) electrons. The third kappa shape index (κ3) is 3.91. The number of aryl methyl sites for hydroxylation is 1. The smallest absolute Gasteiger partial charge is 0.229 e. The monoisotopic (exact) mass is 373 g/mol. The number of nitrogens with zero attached hydrogens (tertiary/aromatic N) is 3. The van der Waals surface area contributed by atoms with Crippen LogP contribution in [0, 0.1) is 13.8 Å². The number of benzene rings is 1. The number of nitrogens with two attached hydrogens (primary N) is 1. The van der Waals surface area contributed by atoms with Crippen LogP contribution in [-0.2, 0) is 9.84 Å². The summed E-state index contributed by atoms with van der Waals surface area (Å²) in [6, 6.07) is 6.20. The first kappa shape index (κ1) is 17.7. The van der Waals surface area contributed by atoms with E-state index in [9.17, 15) is 8.42 Å². The third-order valence-corrected chi connectivity index (χ3v) is 4.86. The van der Waals surface area contributed by atoms with Gasteiger partial charge in [-0.05, 0) is 38.1 Å². The van der Waals surface area contributed by atoms with Gasteiger partial charge in [0.05, 0.1) is 4.90 Å². The largest absolute Gasteiger partial charge is 0.399 e. The van der Waals surface area contributed by atoms with E-state index >= 15 is 0 Å². The zero-order valence-electron chi connectivity index (χ0n) is 14.5. The molecule has 26 heavy (non-hydrogen) atoms. The predicted octanol–water partition coefficient (Wildman–Crippen LogP) is 2.29. The van der Waals surface area contributed by atoms with Crippen molar-refractivity contribution in [2.75, 3.05) is 22.6 Å². The van der Waals surface area contributed by atoms with Crippen molar-refractivity contribution in [1.29, 1.82) is 0 Å². The van der Waals surface area contributed by atoms with Gasteiger partial charge in [0, 0.05) is 35.1 Å². The van der Waals surface area contributed by atoms with E-state index in [4.69, 9.17) is 5.73 Å². The van der Waals surface area contributed by atoms with Crippen LogP contribution in [0.4, 0.5) is 29.0 Å². The Morgan fingerprint density at radius 3 is 2.58 bits per heavy atom. The van der Waals surface area contributed by atoms with Crippen molar-refractivity contribution >= 4 is 38.8 Å². The van der Waals surface area contributed by atoms with Gasteiger partial charge in [-0.2, -0.15) is 10.1 Å². The summed E-state index contributed by atoms with van der Waals surface area (Å²) >= 11 is 0. The lowest BCUT2D eigenvalue weighted by Crippen LogP contribution is -2.04. The summed E-state index contributed by atoms with van der Waals surface area (Å²) in [5.41, 5.74) is 8.56. The highest BCUT2D eigenvalue weighted by atomic mass is 32.2. The molecule has 2 heterocycles. The highest BCUT2D eigenvalue weighted by molar-refractivity contribution is 7.90. The van der Waals surface area contributed by atoms with Crippen LogP contribution in [-0.4, -0.2) is 34.8 Å². The minimum atomic E-state index is -3.38. The first-order valence-electron chi connectivity index (χ1n) is 7.71. The fourth-order valence-electron chi connectivity index (χ4n) is 2.25. The topological polar surface area (TPSA) is 139 Å². The van der Waals surface area contributed by atoms with E-state index in [2.05, 4.69) is 30.8 Å². The Bertz CT molecular complexity index is 1060. The number of hydrogen-bond donors (Lipinski definition) is 4. The molecule has 136 valence electrons. The van der Waals surface area contributed by atoms with Crippen LogP contribution in [0.2, 0.25) is 0 Å². The summed E-state index contributed by atoms with van der Waals surface area (Å²) in [4.78, 5) is 8.62. The van der Waals surface area contributed by atoms with Gasteiger partial charge in [-0.15, -0.1) is 0 Å². The second-order valence-electron chi connectivity index (χ2n) is 5.90. The molecule has 0 aliphatic rings. The minimum Gasteiger partial charge on any atom is -0.399 e.